The first kappa shape index (κ1) is 19.5. The Labute approximate surface area is 175 Å². The molecule has 1 amide bonds. The number of rotatable bonds is 7. The Balaban J connectivity index is 1.54. The molecular formula is C22H24ClN5O. The third-order valence-electron chi connectivity index (χ3n) is 5.02. The zero-order chi connectivity index (χ0) is 20.4. The van der Waals surface area contributed by atoms with Crippen molar-refractivity contribution in [3.05, 3.63) is 65.2 Å². The van der Waals surface area contributed by atoms with Crippen LogP contribution in [0.15, 0.2) is 48.9 Å². The maximum atomic E-state index is 12.9. The Morgan fingerprint density at radius 2 is 1.86 bits per heavy atom. The van der Waals surface area contributed by atoms with E-state index in [-0.39, 0.29) is 5.91 Å². The second-order valence-electron chi connectivity index (χ2n) is 7.69. The molecule has 1 aromatic carbocycles. The van der Waals surface area contributed by atoms with Crippen molar-refractivity contribution in [3.63, 3.8) is 0 Å². The maximum absolute atomic E-state index is 12.9. The summed E-state index contributed by atoms with van der Waals surface area (Å²) in [7, 11) is 3.81. The summed E-state index contributed by atoms with van der Waals surface area (Å²) in [6.45, 7) is 1.32. The number of hydrogen-bond donors (Lipinski definition) is 1. The summed E-state index contributed by atoms with van der Waals surface area (Å²) >= 11 is 5.93. The van der Waals surface area contributed by atoms with Gasteiger partial charge in [-0.1, -0.05) is 23.7 Å². The van der Waals surface area contributed by atoms with Crippen LogP contribution in [0.1, 0.15) is 28.9 Å². The first-order valence-electron chi connectivity index (χ1n) is 9.72. The molecule has 1 N–H and O–H groups in total. The topological polar surface area (TPSA) is 63.1 Å². The second-order valence-corrected chi connectivity index (χ2v) is 8.12. The molecule has 0 unspecified atom stereocenters. The smallest absolute Gasteiger partial charge is 0.268 e. The van der Waals surface area contributed by atoms with E-state index < -0.39 is 0 Å². The highest BCUT2D eigenvalue weighted by Crippen LogP contribution is 2.32. The zero-order valence-electron chi connectivity index (χ0n) is 16.6. The average Bonchev–Trinajstić information content (AvgIpc) is 3.44. The fourth-order valence-electron chi connectivity index (χ4n) is 3.16. The van der Waals surface area contributed by atoms with Gasteiger partial charge in [0.1, 0.15) is 5.69 Å². The number of halogens is 1. The predicted octanol–water partition coefficient (Wildman–Crippen LogP) is 4.00. The molecule has 0 radical (unpaired) electrons. The molecule has 1 fully saturated rings. The number of benzene rings is 1. The normalized spacial score (nSPS) is 13.3. The van der Waals surface area contributed by atoms with E-state index in [2.05, 4.69) is 19.9 Å². The Bertz CT molecular complexity index is 991. The molecular weight excluding hydrogens is 386 g/mol. The fourth-order valence-corrected chi connectivity index (χ4v) is 3.29. The van der Waals surface area contributed by atoms with Crippen molar-refractivity contribution in [2.45, 2.75) is 25.9 Å². The van der Waals surface area contributed by atoms with Gasteiger partial charge in [0, 0.05) is 61.9 Å². The van der Waals surface area contributed by atoms with E-state index in [9.17, 15) is 4.79 Å². The number of anilines is 1. The Kier molecular flexibility index (Phi) is 5.53. The minimum Gasteiger partial charge on any atom is -0.347 e. The third-order valence-corrected chi connectivity index (χ3v) is 5.27. The minimum absolute atomic E-state index is 0.0855. The fraction of sp³-hybridized carbons (Fsp3) is 0.318. The molecule has 29 heavy (non-hydrogen) atoms. The van der Waals surface area contributed by atoms with Gasteiger partial charge < -0.3 is 14.8 Å². The lowest BCUT2D eigenvalue weighted by Gasteiger charge is -2.09. The van der Waals surface area contributed by atoms with Gasteiger partial charge in [0.25, 0.3) is 5.91 Å². The Hall–Kier alpha value is -2.86. The van der Waals surface area contributed by atoms with Gasteiger partial charge in [-0.3, -0.25) is 4.79 Å². The molecule has 1 saturated carbocycles. The molecule has 0 aliphatic heterocycles. The number of nitrogens with zero attached hydrogens (tertiary/aromatic N) is 4. The number of hydrogen-bond acceptors (Lipinski definition) is 4. The van der Waals surface area contributed by atoms with Crippen molar-refractivity contribution in [3.8, 4) is 11.1 Å². The summed E-state index contributed by atoms with van der Waals surface area (Å²) in [6.07, 6.45) is 8.08. The van der Waals surface area contributed by atoms with Gasteiger partial charge >= 0.3 is 0 Å². The Morgan fingerprint density at radius 1 is 1.17 bits per heavy atom. The van der Waals surface area contributed by atoms with Crippen LogP contribution in [0.2, 0.25) is 5.02 Å². The first-order chi connectivity index (χ1) is 14.0. The zero-order valence-corrected chi connectivity index (χ0v) is 17.4. The van der Waals surface area contributed by atoms with Crippen molar-refractivity contribution in [2.75, 3.05) is 19.0 Å². The lowest BCUT2D eigenvalue weighted by atomic mass is 10.2. The van der Waals surface area contributed by atoms with E-state index in [0.29, 0.717) is 29.1 Å². The van der Waals surface area contributed by atoms with Crippen molar-refractivity contribution in [1.29, 1.82) is 0 Å². The third kappa shape index (κ3) is 4.77. The molecule has 4 rings (SSSR count). The van der Waals surface area contributed by atoms with Crippen LogP contribution < -0.4 is 10.2 Å². The summed E-state index contributed by atoms with van der Waals surface area (Å²) in [6, 6.07) is 9.41. The highest BCUT2D eigenvalue weighted by molar-refractivity contribution is 6.30. The quantitative estimate of drug-likeness (QED) is 0.640. The molecule has 0 bridgehead atoms. The molecule has 2 heterocycles. The molecule has 150 valence electrons. The molecule has 1 aliphatic rings. The van der Waals surface area contributed by atoms with Crippen LogP contribution >= 0.6 is 11.6 Å². The molecule has 6 nitrogen and oxygen atoms in total. The van der Waals surface area contributed by atoms with Crippen LogP contribution in [-0.4, -0.2) is 34.5 Å². The molecule has 1 aliphatic carbocycles. The van der Waals surface area contributed by atoms with Gasteiger partial charge in [-0.25, -0.2) is 9.97 Å². The summed E-state index contributed by atoms with van der Waals surface area (Å²) < 4.78 is 2.06. The summed E-state index contributed by atoms with van der Waals surface area (Å²) in [5.74, 6) is 1.23. The molecule has 0 saturated heterocycles. The van der Waals surface area contributed by atoms with E-state index in [1.165, 1.54) is 12.8 Å². The van der Waals surface area contributed by atoms with E-state index in [0.717, 1.165) is 23.2 Å². The number of nitrogens with one attached hydrogen (secondary N) is 1. The number of amides is 1. The lowest BCUT2D eigenvalue weighted by molar-refractivity contribution is 0.0941. The highest BCUT2D eigenvalue weighted by Gasteiger charge is 2.24. The lowest BCUT2D eigenvalue weighted by Crippen LogP contribution is -2.25. The van der Waals surface area contributed by atoms with Gasteiger partial charge in [-0.2, -0.15) is 0 Å². The second kappa shape index (κ2) is 8.25. The molecule has 3 aromatic rings. The highest BCUT2D eigenvalue weighted by atomic mass is 35.5. The van der Waals surface area contributed by atoms with E-state index in [4.69, 9.17) is 11.6 Å². The number of aromatic nitrogens is 3. The molecule has 2 aromatic heterocycles. The standard InChI is InChI=1S/C22H24ClN5O/c1-27(2)22-25-11-18(12-26-22)17-9-20(28(14-17)13-16-3-4-16)21(29)24-10-15-5-7-19(23)8-6-15/h5-9,11-12,14,16H,3-4,10,13H2,1-2H3,(H,24,29). The van der Waals surface area contributed by atoms with E-state index in [1.54, 1.807) is 12.4 Å². The van der Waals surface area contributed by atoms with E-state index in [1.807, 2.05) is 55.5 Å². The summed E-state index contributed by atoms with van der Waals surface area (Å²) in [5, 5.41) is 3.70. The van der Waals surface area contributed by atoms with Crippen LogP contribution in [-0.2, 0) is 13.1 Å². The largest absolute Gasteiger partial charge is 0.347 e. The summed E-state index contributed by atoms with van der Waals surface area (Å²) in [4.78, 5) is 23.5. The van der Waals surface area contributed by atoms with Crippen LogP contribution in [0.5, 0.6) is 0 Å². The van der Waals surface area contributed by atoms with Gasteiger partial charge in [0.2, 0.25) is 5.95 Å². The van der Waals surface area contributed by atoms with Crippen LogP contribution in [0.4, 0.5) is 5.95 Å². The molecule has 0 spiro atoms. The Morgan fingerprint density at radius 3 is 2.48 bits per heavy atom. The summed E-state index contributed by atoms with van der Waals surface area (Å²) in [5.41, 5.74) is 3.53. The first-order valence-corrected chi connectivity index (χ1v) is 10.1. The number of carbonyl (C=O) groups is 1. The minimum atomic E-state index is -0.0855. The van der Waals surface area contributed by atoms with Crippen molar-refractivity contribution in [2.24, 2.45) is 5.92 Å². The SMILES string of the molecule is CN(C)c1ncc(-c2cc(C(=O)NCc3ccc(Cl)cc3)n(CC3CC3)c2)cn1. The molecule has 7 heteroatoms. The van der Waals surface area contributed by atoms with Crippen LogP contribution in [0.3, 0.4) is 0 Å². The number of carbonyl (C=O) groups excluding carboxylic acids is 1. The average molecular weight is 410 g/mol. The predicted molar refractivity (Wildman–Crippen MR) is 115 cm³/mol. The van der Waals surface area contributed by atoms with Gasteiger partial charge in [0.05, 0.1) is 0 Å². The van der Waals surface area contributed by atoms with Crippen molar-refractivity contribution in [1.82, 2.24) is 19.9 Å². The van der Waals surface area contributed by atoms with Gasteiger partial charge in [0.15, 0.2) is 0 Å². The van der Waals surface area contributed by atoms with Crippen molar-refractivity contribution >= 4 is 23.5 Å². The van der Waals surface area contributed by atoms with Crippen molar-refractivity contribution < 1.29 is 4.79 Å². The maximum Gasteiger partial charge on any atom is 0.268 e. The van der Waals surface area contributed by atoms with Gasteiger partial charge in [-0.05, 0) is 42.5 Å². The van der Waals surface area contributed by atoms with Crippen LogP contribution in [0, 0.1) is 5.92 Å². The van der Waals surface area contributed by atoms with Crippen LogP contribution in [0.25, 0.3) is 11.1 Å². The van der Waals surface area contributed by atoms with Gasteiger partial charge in [-0.15, -0.1) is 0 Å². The molecule has 0 atom stereocenters. The monoisotopic (exact) mass is 409 g/mol. The van der Waals surface area contributed by atoms with E-state index >= 15 is 0 Å².